The Labute approximate surface area is 137 Å². The number of furan rings is 1. The first-order chi connectivity index (χ1) is 11.8. The third kappa shape index (κ3) is 2.49. The summed E-state index contributed by atoms with van der Waals surface area (Å²) in [6.45, 7) is 0.0349. The summed E-state index contributed by atoms with van der Waals surface area (Å²) in [6.07, 6.45) is 1.21. The number of fused-ring (bicyclic) bond motifs is 2. The second-order valence-corrected chi connectivity index (χ2v) is 5.39. The van der Waals surface area contributed by atoms with Crippen LogP contribution in [0.1, 0.15) is 0 Å². The highest BCUT2D eigenvalue weighted by atomic mass is 16.5. The van der Waals surface area contributed by atoms with Crippen LogP contribution in [0, 0.1) is 0 Å². The number of hydrogen-bond donors (Lipinski definition) is 2. The van der Waals surface area contributed by atoms with Gasteiger partial charge in [0.25, 0.3) is 0 Å². The van der Waals surface area contributed by atoms with E-state index in [1.165, 1.54) is 0 Å². The molecule has 0 spiro atoms. The molecule has 0 saturated carbocycles. The van der Waals surface area contributed by atoms with Gasteiger partial charge in [-0.1, -0.05) is 18.2 Å². The standard InChI is InChI=1S/C17H16N4O3/c18-8-12(10-22)23-17-6-5-16-19-9-13(21(16)20-17)15-7-11-3-1-2-4-14(11)24-15/h1-7,9,12,22H,8,10,18H2. The largest absolute Gasteiger partial charge is 0.470 e. The first-order valence-electron chi connectivity index (χ1n) is 7.60. The number of para-hydroxylation sites is 1. The number of nitrogens with two attached hydrogens (primary N) is 1. The zero-order chi connectivity index (χ0) is 16.5. The van der Waals surface area contributed by atoms with Crippen molar-refractivity contribution in [1.29, 1.82) is 0 Å². The Morgan fingerprint density at radius 3 is 2.92 bits per heavy atom. The Bertz CT molecular complexity index is 955. The number of aliphatic hydroxyl groups is 1. The van der Waals surface area contributed by atoms with Crippen molar-refractivity contribution >= 4 is 16.6 Å². The quantitative estimate of drug-likeness (QED) is 0.581. The maximum Gasteiger partial charge on any atom is 0.232 e. The van der Waals surface area contributed by atoms with E-state index in [0.29, 0.717) is 17.3 Å². The number of rotatable bonds is 5. The van der Waals surface area contributed by atoms with Crippen LogP contribution in [-0.2, 0) is 0 Å². The molecule has 1 atom stereocenters. The molecule has 122 valence electrons. The van der Waals surface area contributed by atoms with E-state index in [0.717, 1.165) is 16.7 Å². The number of hydrogen-bond acceptors (Lipinski definition) is 6. The van der Waals surface area contributed by atoms with Gasteiger partial charge in [0.05, 0.1) is 12.8 Å². The number of imidazole rings is 1. The molecule has 7 heteroatoms. The molecular formula is C17H16N4O3. The van der Waals surface area contributed by atoms with Crippen LogP contribution in [0.2, 0.25) is 0 Å². The van der Waals surface area contributed by atoms with Gasteiger partial charge in [0.15, 0.2) is 11.4 Å². The van der Waals surface area contributed by atoms with E-state index in [1.54, 1.807) is 22.8 Å². The van der Waals surface area contributed by atoms with E-state index >= 15 is 0 Å². The summed E-state index contributed by atoms with van der Waals surface area (Å²) in [5.74, 6) is 1.04. The number of aliphatic hydroxyl groups excluding tert-OH is 1. The van der Waals surface area contributed by atoms with Crippen LogP contribution in [0.5, 0.6) is 5.88 Å². The summed E-state index contributed by atoms with van der Waals surface area (Å²) in [6, 6.07) is 13.2. The van der Waals surface area contributed by atoms with Gasteiger partial charge in [0.1, 0.15) is 17.4 Å². The SMILES string of the molecule is NCC(CO)Oc1ccc2ncc(-c3cc4ccccc4o3)n2n1. The maximum atomic E-state index is 9.21. The highest BCUT2D eigenvalue weighted by Crippen LogP contribution is 2.28. The molecule has 1 unspecified atom stereocenters. The lowest BCUT2D eigenvalue weighted by Gasteiger charge is -2.13. The van der Waals surface area contributed by atoms with Gasteiger partial charge in [-0.3, -0.25) is 0 Å². The van der Waals surface area contributed by atoms with Crippen molar-refractivity contribution in [3.63, 3.8) is 0 Å². The molecule has 0 amide bonds. The monoisotopic (exact) mass is 324 g/mol. The Balaban J connectivity index is 1.77. The molecule has 3 N–H and O–H groups in total. The third-order valence-corrected chi connectivity index (χ3v) is 3.77. The number of aromatic nitrogens is 3. The zero-order valence-corrected chi connectivity index (χ0v) is 12.8. The summed E-state index contributed by atoms with van der Waals surface area (Å²) >= 11 is 0. The maximum absolute atomic E-state index is 9.21. The minimum atomic E-state index is -0.492. The van der Waals surface area contributed by atoms with Gasteiger partial charge in [0, 0.05) is 18.0 Å². The van der Waals surface area contributed by atoms with Crippen molar-refractivity contribution in [3.05, 3.63) is 48.7 Å². The lowest BCUT2D eigenvalue weighted by Crippen LogP contribution is -2.30. The Hall–Kier alpha value is -2.90. The van der Waals surface area contributed by atoms with Gasteiger partial charge >= 0.3 is 0 Å². The fraction of sp³-hybridized carbons (Fsp3) is 0.176. The fourth-order valence-electron chi connectivity index (χ4n) is 2.53. The Kier molecular flexibility index (Phi) is 3.64. The van der Waals surface area contributed by atoms with Crippen molar-refractivity contribution < 1.29 is 14.3 Å². The average molecular weight is 324 g/mol. The smallest absolute Gasteiger partial charge is 0.232 e. The molecule has 0 aliphatic rings. The molecule has 0 radical (unpaired) electrons. The molecule has 0 aliphatic heterocycles. The third-order valence-electron chi connectivity index (χ3n) is 3.77. The summed E-state index contributed by atoms with van der Waals surface area (Å²) in [7, 11) is 0. The topological polar surface area (TPSA) is 98.8 Å². The minimum Gasteiger partial charge on any atom is -0.470 e. The van der Waals surface area contributed by atoms with Crippen LogP contribution in [0.25, 0.3) is 28.1 Å². The molecule has 0 aliphatic carbocycles. The first-order valence-corrected chi connectivity index (χ1v) is 7.60. The van der Waals surface area contributed by atoms with Gasteiger partial charge in [-0.2, -0.15) is 0 Å². The zero-order valence-electron chi connectivity index (χ0n) is 12.8. The van der Waals surface area contributed by atoms with Crippen LogP contribution < -0.4 is 10.5 Å². The van der Waals surface area contributed by atoms with Gasteiger partial charge < -0.3 is 20.0 Å². The normalized spacial score (nSPS) is 12.8. The van der Waals surface area contributed by atoms with E-state index in [2.05, 4.69) is 10.1 Å². The lowest BCUT2D eigenvalue weighted by molar-refractivity contribution is 0.116. The van der Waals surface area contributed by atoms with Crippen LogP contribution >= 0.6 is 0 Å². The molecule has 24 heavy (non-hydrogen) atoms. The molecule has 0 fully saturated rings. The predicted molar refractivity (Wildman–Crippen MR) is 88.8 cm³/mol. The van der Waals surface area contributed by atoms with Gasteiger partial charge in [-0.05, 0) is 18.2 Å². The van der Waals surface area contributed by atoms with Gasteiger partial charge in [-0.25, -0.2) is 9.50 Å². The summed E-state index contributed by atoms with van der Waals surface area (Å²) in [4.78, 5) is 4.34. The van der Waals surface area contributed by atoms with Crippen molar-refractivity contribution in [2.75, 3.05) is 13.2 Å². The average Bonchev–Trinajstić information content (AvgIpc) is 3.22. The van der Waals surface area contributed by atoms with Gasteiger partial charge in [0.2, 0.25) is 5.88 Å². The highest BCUT2D eigenvalue weighted by molar-refractivity contribution is 5.82. The first kappa shape index (κ1) is 14.7. The molecule has 4 rings (SSSR count). The minimum absolute atomic E-state index is 0.170. The molecule has 4 aromatic rings. The fourth-order valence-corrected chi connectivity index (χ4v) is 2.53. The van der Waals surface area contributed by atoms with Gasteiger partial charge in [-0.15, -0.1) is 5.10 Å². The number of nitrogens with zero attached hydrogens (tertiary/aromatic N) is 3. The predicted octanol–water partition coefficient (Wildman–Crippen LogP) is 1.84. The van der Waals surface area contributed by atoms with Crippen molar-refractivity contribution in [2.24, 2.45) is 5.73 Å². The lowest BCUT2D eigenvalue weighted by atomic mass is 10.2. The van der Waals surface area contributed by atoms with Crippen molar-refractivity contribution in [1.82, 2.24) is 14.6 Å². The van der Waals surface area contributed by atoms with Crippen molar-refractivity contribution in [3.8, 4) is 17.3 Å². The molecule has 0 bridgehead atoms. The molecule has 3 aromatic heterocycles. The van der Waals surface area contributed by atoms with E-state index in [9.17, 15) is 5.11 Å². The van der Waals surface area contributed by atoms with Crippen LogP contribution in [-0.4, -0.2) is 39.0 Å². The van der Waals surface area contributed by atoms with Crippen LogP contribution in [0.4, 0.5) is 0 Å². The molecule has 0 saturated heterocycles. The summed E-state index contributed by atoms with van der Waals surface area (Å²) in [5.41, 5.74) is 7.74. The Morgan fingerprint density at radius 2 is 2.12 bits per heavy atom. The molecule has 3 heterocycles. The summed E-state index contributed by atoms with van der Waals surface area (Å²) in [5, 5.41) is 14.6. The molecular weight excluding hydrogens is 308 g/mol. The molecule has 7 nitrogen and oxygen atoms in total. The second-order valence-electron chi connectivity index (χ2n) is 5.39. The van der Waals surface area contributed by atoms with E-state index in [4.69, 9.17) is 14.9 Å². The highest BCUT2D eigenvalue weighted by Gasteiger charge is 2.14. The second kappa shape index (κ2) is 5.95. The number of benzene rings is 1. The van der Waals surface area contributed by atoms with E-state index in [-0.39, 0.29) is 13.2 Å². The van der Waals surface area contributed by atoms with Crippen LogP contribution in [0.3, 0.4) is 0 Å². The Morgan fingerprint density at radius 1 is 1.25 bits per heavy atom. The van der Waals surface area contributed by atoms with E-state index < -0.39 is 6.10 Å². The summed E-state index contributed by atoms with van der Waals surface area (Å²) < 4.78 is 13.1. The van der Waals surface area contributed by atoms with E-state index in [1.807, 2.05) is 30.3 Å². The van der Waals surface area contributed by atoms with Crippen LogP contribution in [0.15, 0.2) is 53.1 Å². The number of ether oxygens (including phenoxy) is 1. The molecule has 1 aromatic carbocycles. The van der Waals surface area contributed by atoms with Crippen molar-refractivity contribution in [2.45, 2.75) is 6.10 Å².